The van der Waals surface area contributed by atoms with Crippen molar-refractivity contribution in [2.24, 2.45) is 16.6 Å². The standard InChI is InChI=1S/C15H19ClN8OS/c1-7(17)26-15(19)23-13(25)8-2-4-9(5-3-8)24-6-20-10-11(18)21-14(16)22-12(10)24/h6,8-9,17H,2-5H2,1H3,(H2,18,21,22)(H2,19,23,25). The number of carbonyl (C=O) groups is 1. The summed E-state index contributed by atoms with van der Waals surface area (Å²) >= 11 is 6.90. The van der Waals surface area contributed by atoms with Gasteiger partial charge in [-0.15, -0.1) is 0 Å². The van der Waals surface area contributed by atoms with Gasteiger partial charge in [-0.3, -0.25) is 10.2 Å². The van der Waals surface area contributed by atoms with Gasteiger partial charge < -0.3 is 16.0 Å². The topological polar surface area (TPSA) is 149 Å². The highest BCUT2D eigenvalue weighted by Gasteiger charge is 2.28. The summed E-state index contributed by atoms with van der Waals surface area (Å²) in [6.07, 6.45) is 4.66. The van der Waals surface area contributed by atoms with E-state index in [0.29, 0.717) is 29.0 Å². The molecule has 0 unspecified atom stereocenters. The van der Waals surface area contributed by atoms with E-state index < -0.39 is 0 Å². The van der Waals surface area contributed by atoms with Crippen molar-refractivity contribution >= 4 is 56.5 Å². The maximum Gasteiger partial charge on any atom is 0.251 e. The maximum atomic E-state index is 12.3. The van der Waals surface area contributed by atoms with Gasteiger partial charge in [0.2, 0.25) is 5.28 Å². The second-order valence-electron chi connectivity index (χ2n) is 6.15. The zero-order chi connectivity index (χ0) is 18.8. The molecule has 0 radical (unpaired) electrons. The summed E-state index contributed by atoms with van der Waals surface area (Å²) in [7, 11) is 0. The number of amides is 1. The number of nitrogens with zero attached hydrogens (tertiary/aromatic N) is 5. The quantitative estimate of drug-likeness (QED) is 0.402. The molecule has 0 atom stereocenters. The summed E-state index contributed by atoms with van der Waals surface area (Å²) in [6.45, 7) is 1.60. The van der Waals surface area contributed by atoms with E-state index in [4.69, 9.17) is 28.5 Å². The van der Waals surface area contributed by atoms with Gasteiger partial charge in [-0.25, -0.2) is 4.98 Å². The minimum absolute atomic E-state index is 0.0874. The van der Waals surface area contributed by atoms with E-state index in [-0.39, 0.29) is 34.1 Å². The van der Waals surface area contributed by atoms with E-state index in [1.807, 2.05) is 4.57 Å². The van der Waals surface area contributed by atoms with Gasteiger partial charge in [0.25, 0.3) is 5.91 Å². The molecule has 2 aromatic rings. The molecule has 1 fully saturated rings. The van der Waals surface area contributed by atoms with Crippen LogP contribution in [0, 0.1) is 11.3 Å². The Kier molecular flexibility index (Phi) is 5.42. The molecular formula is C15H19ClN8OS. The first-order valence-corrected chi connectivity index (χ1v) is 9.31. The van der Waals surface area contributed by atoms with Crippen LogP contribution in [-0.2, 0) is 4.79 Å². The van der Waals surface area contributed by atoms with Crippen LogP contribution >= 0.6 is 23.4 Å². The van der Waals surface area contributed by atoms with Crippen LogP contribution in [0.5, 0.6) is 0 Å². The van der Waals surface area contributed by atoms with Gasteiger partial charge in [0.05, 0.1) is 11.4 Å². The number of nitrogen functional groups attached to an aromatic ring is 1. The van der Waals surface area contributed by atoms with Gasteiger partial charge in [0.15, 0.2) is 16.6 Å². The van der Waals surface area contributed by atoms with Crippen molar-refractivity contribution in [3.8, 4) is 0 Å². The van der Waals surface area contributed by atoms with Gasteiger partial charge in [-0.1, -0.05) is 0 Å². The van der Waals surface area contributed by atoms with E-state index in [1.54, 1.807) is 13.3 Å². The Bertz CT molecular complexity index is 887. The average molecular weight is 395 g/mol. The molecule has 1 saturated carbocycles. The third kappa shape index (κ3) is 3.96. The molecule has 0 saturated heterocycles. The molecule has 138 valence electrons. The molecule has 5 N–H and O–H groups in total. The summed E-state index contributed by atoms with van der Waals surface area (Å²) < 4.78 is 1.95. The van der Waals surface area contributed by atoms with Crippen molar-refractivity contribution in [2.75, 3.05) is 5.73 Å². The number of rotatable bonds is 2. The SMILES string of the molecule is CC(=N)SC(N)=NC(=O)C1CCC(n2cnc3c(N)nc(Cl)nc32)CC1. The number of thioether (sulfide) groups is 1. The lowest BCUT2D eigenvalue weighted by Gasteiger charge is -2.27. The molecule has 0 aliphatic heterocycles. The van der Waals surface area contributed by atoms with Crippen LogP contribution < -0.4 is 11.5 Å². The lowest BCUT2D eigenvalue weighted by molar-refractivity contribution is -0.122. The number of anilines is 1. The number of nitrogens with one attached hydrogen (secondary N) is 1. The first-order chi connectivity index (χ1) is 12.3. The Morgan fingerprint density at radius 3 is 2.73 bits per heavy atom. The normalized spacial score (nSPS) is 21.1. The summed E-state index contributed by atoms with van der Waals surface area (Å²) in [5.41, 5.74) is 12.7. The van der Waals surface area contributed by atoms with Crippen LogP contribution in [0.2, 0.25) is 5.28 Å². The Morgan fingerprint density at radius 1 is 1.38 bits per heavy atom. The van der Waals surface area contributed by atoms with E-state index in [0.717, 1.165) is 24.6 Å². The zero-order valence-electron chi connectivity index (χ0n) is 14.1. The second-order valence-corrected chi connectivity index (χ2v) is 7.73. The van der Waals surface area contributed by atoms with Crippen LogP contribution in [0.4, 0.5) is 5.82 Å². The van der Waals surface area contributed by atoms with E-state index in [9.17, 15) is 4.79 Å². The first-order valence-electron chi connectivity index (χ1n) is 8.11. The van der Waals surface area contributed by atoms with Crippen molar-refractivity contribution in [3.63, 3.8) is 0 Å². The molecule has 26 heavy (non-hydrogen) atoms. The predicted octanol–water partition coefficient (Wildman–Crippen LogP) is 2.36. The van der Waals surface area contributed by atoms with E-state index >= 15 is 0 Å². The van der Waals surface area contributed by atoms with Gasteiger partial charge in [0.1, 0.15) is 5.52 Å². The molecule has 1 amide bonds. The molecule has 3 rings (SSSR count). The molecule has 1 aliphatic rings. The highest BCUT2D eigenvalue weighted by Crippen LogP contribution is 2.35. The zero-order valence-corrected chi connectivity index (χ0v) is 15.7. The monoisotopic (exact) mass is 394 g/mol. The smallest absolute Gasteiger partial charge is 0.251 e. The maximum absolute atomic E-state index is 12.3. The minimum Gasteiger partial charge on any atom is -0.382 e. The van der Waals surface area contributed by atoms with Gasteiger partial charge >= 0.3 is 0 Å². The number of fused-ring (bicyclic) bond motifs is 1. The fourth-order valence-electron chi connectivity index (χ4n) is 3.16. The number of hydrogen-bond acceptors (Lipinski definition) is 7. The molecule has 11 heteroatoms. The number of nitrogens with two attached hydrogens (primary N) is 2. The van der Waals surface area contributed by atoms with Crippen LogP contribution in [-0.4, -0.2) is 35.6 Å². The van der Waals surface area contributed by atoms with Crippen LogP contribution in [0.15, 0.2) is 11.3 Å². The van der Waals surface area contributed by atoms with E-state index in [2.05, 4.69) is 19.9 Å². The molecule has 0 bridgehead atoms. The number of imidazole rings is 1. The number of carbonyl (C=O) groups excluding carboxylic acids is 1. The van der Waals surface area contributed by atoms with Crippen LogP contribution in [0.1, 0.15) is 38.6 Å². The highest BCUT2D eigenvalue weighted by molar-refractivity contribution is 8.26. The van der Waals surface area contributed by atoms with Crippen molar-refractivity contribution in [2.45, 2.75) is 38.6 Å². The van der Waals surface area contributed by atoms with Gasteiger partial charge in [-0.05, 0) is 56.0 Å². The predicted molar refractivity (Wildman–Crippen MR) is 103 cm³/mol. The van der Waals surface area contributed by atoms with Crippen molar-refractivity contribution in [3.05, 3.63) is 11.6 Å². The fraction of sp³-hybridized carbons (Fsp3) is 0.467. The highest BCUT2D eigenvalue weighted by atomic mass is 35.5. The summed E-state index contributed by atoms with van der Waals surface area (Å²) in [5, 5.41) is 7.88. The van der Waals surface area contributed by atoms with Crippen molar-refractivity contribution in [1.82, 2.24) is 19.5 Å². The average Bonchev–Trinajstić information content (AvgIpc) is 2.98. The molecule has 1 aliphatic carbocycles. The first kappa shape index (κ1) is 18.6. The molecular weight excluding hydrogens is 376 g/mol. The molecule has 0 aromatic carbocycles. The second kappa shape index (κ2) is 7.58. The van der Waals surface area contributed by atoms with E-state index in [1.165, 1.54) is 0 Å². The summed E-state index contributed by atoms with van der Waals surface area (Å²) in [6, 6.07) is 0.161. The number of hydrogen-bond donors (Lipinski definition) is 3. The summed E-state index contributed by atoms with van der Waals surface area (Å²) in [5.74, 6) is -0.124. The van der Waals surface area contributed by atoms with Gasteiger partial charge in [-0.2, -0.15) is 15.0 Å². The van der Waals surface area contributed by atoms with Crippen molar-refractivity contribution < 1.29 is 4.79 Å². The molecule has 2 aromatic heterocycles. The Morgan fingerprint density at radius 2 is 2.08 bits per heavy atom. The number of amidine groups is 1. The largest absolute Gasteiger partial charge is 0.382 e. The third-order valence-electron chi connectivity index (χ3n) is 4.34. The van der Waals surface area contributed by atoms with Crippen LogP contribution in [0.3, 0.4) is 0 Å². The van der Waals surface area contributed by atoms with Crippen molar-refractivity contribution in [1.29, 1.82) is 5.41 Å². The van der Waals surface area contributed by atoms with Gasteiger partial charge in [0, 0.05) is 12.0 Å². The fourth-order valence-corrected chi connectivity index (χ4v) is 3.78. The lowest BCUT2D eigenvalue weighted by atomic mass is 9.85. The Hall–Kier alpha value is -2.20. The minimum atomic E-state index is -0.222. The Balaban J connectivity index is 1.69. The number of aliphatic imine (C=N–C) groups is 1. The lowest BCUT2D eigenvalue weighted by Crippen LogP contribution is -2.24. The number of halogens is 1. The summed E-state index contributed by atoms with van der Waals surface area (Å²) in [4.78, 5) is 28.6. The van der Waals surface area contributed by atoms with Crippen LogP contribution in [0.25, 0.3) is 11.2 Å². The molecule has 2 heterocycles. The number of aromatic nitrogens is 4. The third-order valence-corrected chi connectivity index (χ3v) is 5.11. The Labute approximate surface area is 159 Å². The molecule has 9 nitrogen and oxygen atoms in total. The molecule has 0 spiro atoms.